The van der Waals surface area contributed by atoms with Gasteiger partial charge in [-0.15, -0.1) is 0 Å². The third-order valence-electron chi connectivity index (χ3n) is 7.99. The largest absolute Gasteiger partial charge is 0.461 e. The molecule has 3 heterocycles. The summed E-state index contributed by atoms with van der Waals surface area (Å²) >= 11 is 0. The number of furan rings is 1. The molecule has 1 aliphatic heterocycles. The van der Waals surface area contributed by atoms with Crippen LogP contribution in [0.1, 0.15) is 48.0 Å². The molecule has 1 aliphatic rings. The number of aromatic nitrogens is 1. The van der Waals surface area contributed by atoms with Crippen LogP contribution in [0, 0.1) is 12.3 Å². The van der Waals surface area contributed by atoms with E-state index in [4.69, 9.17) is 4.42 Å². The Balaban J connectivity index is 1.46. The fourth-order valence-corrected chi connectivity index (χ4v) is 5.61. The quantitative estimate of drug-likeness (QED) is 0.213. The molecule has 0 aliphatic carbocycles. The second-order valence-corrected chi connectivity index (χ2v) is 11.4. The van der Waals surface area contributed by atoms with Crippen molar-refractivity contribution in [2.45, 2.75) is 47.3 Å². The van der Waals surface area contributed by atoms with Crippen LogP contribution in [-0.4, -0.2) is 47.7 Å². The molecule has 218 valence electrons. The predicted molar refractivity (Wildman–Crippen MR) is 163 cm³/mol. The average molecular weight is 569 g/mol. The van der Waals surface area contributed by atoms with E-state index in [1.165, 1.54) is 0 Å². The molecule has 9 heteroatoms. The number of hydrogen-bond acceptors (Lipinski definition) is 6. The van der Waals surface area contributed by atoms with Crippen LogP contribution >= 0.6 is 0 Å². The predicted octanol–water partition coefficient (Wildman–Crippen LogP) is 4.77. The van der Waals surface area contributed by atoms with Crippen LogP contribution in [0.4, 0.5) is 11.4 Å². The number of aryl methyl sites for hydroxylation is 1. The number of benzene rings is 2. The Bertz CT molecular complexity index is 1720. The number of carbonyl (C=O) groups is 3. The molecule has 9 nitrogen and oxygen atoms in total. The molecule has 0 saturated heterocycles. The van der Waals surface area contributed by atoms with Gasteiger partial charge in [-0.1, -0.05) is 30.3 Å². The monoisotopic (exact) mass is 568 g/mol. The number of anilines is 2. The second kappa shape index (κ2) is 11.4. The van der Waals surface area contributed by atoms with Gasteiger partial charge in [0, 0.05) is 51.5 Å². The highest BCUT2D eigenvalue weighted by atomic mass is 16.3. The Kier molecular flexibility index (Phi) is 7.88. The zero-order valence-corrected chi connectivity index (χ0v) is 24.7. The Labute approximate surface area is 244 Å². The third kappa shape index (κ3) is 5.39. The van der Waals surface area contributed by atoms with E-state index < -0.39 is 5.41 Å². The van der Waals surface area contributed by atoms with Crippen LogP contribution in [0.15, 0.2) is 70.0 Å². The van der Waals surface area contributed by atoms with E-state index >= 15 is 0 Å². The number of aldehydes is 1. The molecule has 0 spiro atoms. The van der Waals surface area contributed by atoms with Crippen molar-refractivity contribution in [1.29, 1.82) is 0 Å². The highest BCUT2D eigenvalue weighted by molar-refractivity contribution is 6.19. The van der Waals surface area contributed by atoms with Crippen molar-refractivity contribution >= 4 is 40.4 Å². The first-order valence-corrected chi connectivity index (χ1v) is 14.1. The molecular weight excluding hydrogens is 532 g/mol. The third-order valence-corrected chi connectivity index (χ3v) is 7.99. The van der Waals surface area contributed by atoms with E-state index in [2.05, 4.69) is 4.90 Å². The molecule has 0 radical (unpaired) electrons. The summed E-state index contributed by atoms with van der Waals surface area (Å²) in [6, 6.07) is 16.9. The van der Waals surface area contributed by atoms with Crippen molar-refractivity contribution in [3.63, 3.8) is 0 Å². The maximum Gasteiger partial charge on any atom is 0.261 e. The molecule has 0 saturated carbocycles. The number of nitrogens with zero attached hydrogens (tertiary/aromatic N) is 4. The van der Waals surface area contributed by atoms with Gasteiger partial charge in [0.15, 0.2) is 0 Å². The van der Waals surface area contributed by atoms with Crippen LogP contribution in [0.25, 0.3) is 11.0 Å². The summed E-state index contributed by atoms with van der Waals surface area (Å²) in [6.07, 6.45) is 2.58. The van der Waals surface area contributed by atoms with Crippen LogP contribution in [0.3, 0.4) is 0 Å². The molecule has 5 rings (SSSR count). The van der Waals surface area contributed by atoms with Crippen molar-refractivity contribution < 1.29 is 18.8 Å². The zero-order chi connectivity index (χ0) is 30.2. The van der Waals surface area contributed by atoms with E-state index in [0.717, 1.165) is 17.4 Å². The van der Waals surface area contributed by atoms with Crippen LogP contribution in [-0.2, 0) is 29.2 Å². The van der Waals surface area contributed by atoms with Gasteiger partial charge in [-0.05, 0) is 63.1 Å². The second-order valence-electron chi connectivity index (χ2n) is 11.4. The van der Waals surface area contributed by atoms with Crippen LogP contribution in [0.2, 0.25) is 0 Å². The maximum atomic E-state index is 13.3. The molecular formula is C33H36N4O5. The topological polar surface area (TPSA) is 96.1 Å². The van der Waals surface area contributed by atoms with Gasteiger partial charge in [-0.25, -0.2) is 0 Å². The minimum Gasteiger partial charge on any atom is -0.461 e. The fourth-order valence-electron chi connectivity index (χ4n) is 5.61. The lowest BCUT2D eigenvalue weighted by atomic mass is 9.90. The van der Waals surface area contributed by atoms with Gasteiger partial charge >= 0.3 is 0 Å². The van der Waals surface area contributed by atoms with Crippen molar-refractivity contribution in [3.05, 3.63) is 93.6 Å². The van der Waals surface area contributed by atoms with Gasteiger partial charge in [0.2, 0.25) is 11.8 Å². The van der Waals surface area contributed by atoms with E-state index in [1.54, 1.807) is 59.7 Å². The minimum absolute atomic E-state index is 0.100. The van der Waals surface area contributed by atoms with Gasteiger partial charge in [-0.2, -0.15) is 0 Å². The number of pyridine rings is 1. The Hall–Kier alpha value is -4.50. The number of hydrogen-bond donors (Lipinski definition) is 0. The van der Waals surface area contributed by atoms with Crippen LogP contribution in [0.5, 0.6) is 0 Å². The van der Waals surface area contributed by atoms with Crippen molar-refractivity contribution in [1.82, 2.24) is 9.47 Å². The number of rotatable bonds is 9. The Morgan fingerprint density at radius 1 is 0.905 bits per heavy atom. The molecule has 0 N–H and O–H groups in total. The first kappa shape index (κ1) is 29.0. The summed E-state index contributed by atoms with van der Waals surface area (Å²) in [7, 11) is 1.71. The van der Waals surface area contributed by atoms with Crippen LogP contribution < -0.4 is 15.4 Å². The van der Waals surface area contributed by atoms with Gasteiger partial charge in [0.1, 0.15) is 23.0 Å². The fraction of sp³-hybridized carbons (Fsp3) is 0.333. The minimum atomic E-state index is -1.18. The van der Waals surface area contributed by atoms with Gasteiger partial charge < -0.3 is 18.8 Å². The van der Waals surface area contributed by atoms with Crippen molar-refractivity contribution in [2.75, 3.05) is 29.9 Å². The highest BCUT2D eigenvalue weighted by Crippen LogP contribution is 2.39. The summed E-state index contributed by atoms with van der Waals surface area (Å²) in [5.41, 5.74) is 3.30. The smallest absolute Gasteiger partial charge is 0.261 e. The molecule has 2 amide bonds. The molecule has 0 atom stereocenters. The summed E-state index contributed by atoms with van der Waals surface area (Å²) in [5.74, 6) is 0.223. The van der Waals surface area contributed by atoms with Crippen molar-refractivity contribution in [3.8, 4) is 0 Å². The highest BCUT2D eigenvalue weighted by Gasteiger charge is 2.45. The summed E-state index contributed by atoms with van der Waals surface area (Å²) in [4.78, 5) is 56.4. The SMILES string of the molecule is CCN1C(=O)C(C)(C)C(=O)N(C)c2cc(CN(CCn3ccc4oc(C)cc4c3=O)Cc3ccc(C=O)cc3)ccc21. The maximum absolute atomic E-state index is 13.3. The van der Waals surface area contributed by atoms with Gasteiger partial charge in [-0.3, -0.25) is 24.1 Å². The summed E-state index contributed by atoms with van der Waals surface area (Å²) in [6.45, 7) is 9.67. The lowest BCUT2D eigenvalue weighted by Gasteiger charge is -2.27. The van der Waals surface area contributed by atoms with E-state index in [-0.39, 0.29) is 17.4 Å². The first-order chi connectivity index (χ1) is 20.0. The molecule has 0 bridgehead atoms. The van der Waals surface area contributed by atoms with E-state index in [0.29, 0.717) is 66.4 Å². The number of amides is 2. The lowest BCUT2D eigenvalue weighted by molar-refractivity contribution is -0.137. The molecule has 0 unspecified atom stereocenters. The van der Waals surface area contributed by atoms with E-state index in [1.807, 2.05) is 50.2 Å². The number of carbonyl (C=O) groups excluding carboxylic acids is 3. The normalized spacial score (nSPS) is 14.9. The van der Waals surface area contributed by atoms with E-state index in [9.17, 15) is 19.2 Å². The zero-order valence-electron chi connectivity index (χ0n) is 24.7. The molecule has 2 aromatic heterocycles. The molecule has 0 fully saturated rings. The summed E-state index contributed by atoms with van der Waals surface area (Å²) in [5, 5.41) is 0.558. The van der Waals surface area contributed by atoms with Crippen molar-refractivity contribution in [2.24, 2.45) is 5.41 Å². The Morgan fingerprint density at radius 3 is 2.29 bits per heavy atom. The molecule has 2 aromatic carbocycles. The molecule has 42 heavy (non-hydrogen) atoms. The van der Waals surface area contributed by atoms with Gasteiger partial charge in [0.25, 0.3) is 5.56 Å². The summed E-state index contributed by atoms with van der Waals surface area (Å²) < 4.78 is 7.30. The lowest BCUT2D eigenvalue weighted by Crippen LogP contribution is -2.47. The first-order valence-electron chi connectivity index (χ1n) is 14.1. The number of fused-ring (bicyclic) bond motifs is 2. The average Bonchev–Trinajstić information content (AvgIpc) is 3.36. The Morgan fingerprint density at radius 2 is 1.60 bits per heavy atom. The standard InChI is InChI=1S/C33H36N4O5/c1-6-37-27-12-11-25(18-28(27)34(5)31(40)33(3,4)32(37)41)20-35(19-23-7-9-24(21-38)10-8-23)15-16-36-14-13-29-26(30(36)39)17-22(2)42-29/h7-14,17-18,21H,6,15-16,19-20H2,1-5H3. The molecule has 4 aromatic rings. The van der Waals surface area contributed by atoms with Gasteiger partial charge in [0.05, 0.1) is 16.8 Å².